The van der Waals surface area contributed by atoms with Crippen LogP contribution in [0.15, 0.2) is 0 Å². The molecule has 0 aromatic rings. The Morgan fingerprint density at radius 2 is 2.36 bits per heavy atom. The van der Waals surface area contributed by atoms with Crippen LogP contribution >= 0.6 is 0 Å². The van der Waals surface area contributed by atoms with Crippen LogP contribution in [0.2, 0.25) is 0 Å². The Bertz CT molecular complexity index is 163. The minimum Gasteiger partial charge on any atom is -0.347 e. The van der Waals surface area contributed by atoms with Gasteiger partial charge < -0.3 is 10.1 Å². The average molecular weight is 155 g/mol. The Labute approximate surface area is 66.2 Å². The van der Waals surface area contributed by atoms with Gasteiger partial charge in [-0.15, -0.1) is 0 Å². The third-order valence-corrected chi connectivity index (χ3v) is 1.84. The number of aldehydes is 1. The van der Waals surface area contributed by atoms with E-state index >= 15 is 0 Å². The Morgan fingerprint density at radius 1 is 1.73 bits per heavy atom. The van der Waals surface area contributed by atoms with Gasteiger partial charge in [0.2, 0.25) is 5.91 Å². The van der Waals surface area contributed by atoms with E-state index in [0.717, 1.165) is 12.7 Å². The first-order valence-electron chi connectivity index (χ1n) is 3.94. The maximum Gasteiger partial charge on any atom is 0.217 e. The molecule has 0 saturated heterocycles. The van der Waals surface area contributed by atoms with Crippen molar-refractivity contribution < 1.29 is 9.59 Å². The summed E-state index contributed by atoms with van der Waals surface area (Å²) >= 11 is 0. The number of carbonyl (C=O) groups excluding carboxylic acids is 2. The molecular weight excluding hydrogens is 142 g/mol. The molecule has 1 rings (SSSR count). The van der Waals surface area contributed by atoms with Crippen LogP contribution in [0.1, 0.15) is 26.2 Å². The highest BCUT2D eigenvalue weighted by molar-refractivity contribution is 5.77. The highest BCUT2D eigenvalue weighted by atomic mass is 16.2. The monoisotopic (exact) mass is 155 g/mol. The zero-order valence-electron chi connectivity index (χ0n) is 6.67. The van der Waals surface area contributed by atoms with Crippen molar-refractivity contribution >= 4 is 12.2 Å². The van der Waals surface area contributed by atoms with Crippen molar-refractivity contribution in [3.63, 3.8) is 0 Å². The Kier molecular flexibility index (Phi) is 2.63. The zero-order chi connectivity index (χ0) is 8.27. The summed E-state index contributed by atoms with van der Waals surface area (Å²) in [6, 6.07) is -0.250. The fourth-order valence-electron chi connectivity index (χ4n) is 1.12. The summed E-state index contributed by atoms with van der Waals surface area (Å²) in [6.45, 7) is 1.43. The van der Waals surface area contributed by atoms with Gasteiger partial charge >= 0.3 is 0 Å². The molecule has 1 aliphatic rings. The minimum absolute atomic E-state index is 0.122. The Balaban J connectivity index is 2.22. The van der Waals surface area contributed by atoms with E-state index in [1.165, 1.54) is 19.8 Å². The molecule has 0 spiro atoms. The molecule has 62 valence electrons. The minimum atomic E-state index is -0.250. The molecule has 3 nitrogen and oxygen atoms in total. The second kappa shape index (κ2) is 3.51. The number of carbonyl (C=O) groups is 2. The topological polar surface area (TPSA) is 46.2 Å². The van der Waals surface area contributed by atoms with E-state index in [4.69, 9.17) is 0 Å². The molecule has 1 atom stereocenters. The van der Waals surface area contributed by atoms with Gasteiger partial charge in [-0.3, -0.25) is 4.79 Å². The van der Waals surface area contributed by atoms with E-state index in [9.17, 15) is 9.59 Å². The summed E-state index contributed by atoms with van der Waals surface area (Å²) in [4.78, 5) is 20.9. The summed E-state index contributed by atoms with van der Waals surface area (Å²) < 4.78 is 0. The van der Waals surface area contributed by atoms with Crippen LogP contribution in [0.5, 0.6) is 0 Å². The van der Waals surface area contributed by atoms with Crippen molar-refractivity contribution in [2.45, 2.75) is 32.2 Å². The maximum atomic E-state index is 10.5. The summed E-state index contributed by atoms with van der Waals surface area (Å²) in [7, 11) is 0. The Morgan fingerprint density at radius 3 is 2.73 bits per heavy atom. The van der Waals surface area contributed by atoms with Gasteiger partial charge in [-0.1, -0.05) is 12.8 Å². The molecule has 1 amide bonds. The highest BCUT2D eigenvalue weighted by Gasteiger charge is 2.25. The van der Waals surface area contributed by atoms with Gasteiger partial charge in [0, 0.05) is 6.92 Å². The molecule has 3 heteroatoms. The predicted molar refractivity (Wildman–Crippen MR) is 41.0 cm³/mol. The molecule has 1 aliphatic carbocycles. The normalized spacial score (nSPS) is 19.0. The molecule has 0 radical (unpaired) electrons. The molecule has 1 fully saturated rings. The molecule has 1 saturated carbocycles. The first-order chi connectivity index (χ1) is 5.22. The molecular formula is C8H13NO2. The quantitative estimate of drug-likeness (QED) is 0.600. The van der Waals surface area contributed by atoms with Crippen LogP contribution in [-0.2, 0) is 9.59 Å². The fraction of sp³-hybridized carbons (Fsp3) is 0.750. The van der Waals surface area contributed by atoms with Crippen LogP contribution in [0.3, 0.4) is 0 Å². The largest absolute Gasteiger partial charge is 0.347 e. The number of amides is 1. The molecule has 0 heterocycles. The Hall–Kier alpha value is -0.860. The van der Waals surface area contributed by atoms with Crippen molar-refractivity contribution in [2.75, 3.05) is 0 Å². The number of rotatable bonds is 4. The second-order valence-electron chi connectivity index (χ2n) is 3.12. The molecule has 0 bridgehead atoms. The lowest BCUT2D eigenvalue weighted by Gasteiger charge is -2.09. The zero-order valence-corrected chi connectivity index (χ0v) is 6.67. The predicted octanol–water partition coefficient (Wildman–Crippen LogP) is 0.490. The van der Waals surface area contributed by atoms with Crippen LogP contribution in [0, 0.1) is 5.92 Å². The lowest BCUT2D eigenvalue weighted by molar-refractivity contribution is -0.122. The summed E-state index contributed by atoms with van der Waals surface area (Å²) in [5.74, 6) is 0.555. The number of nitrogens with one attached hydrogen (secondary N) is 1. The van der Waals surface area contributed by atoms with E-state index in [2.05, 4.69) is 5.32 Å². The summed E-state index contributed by atoms with van der Waals surface area (Å²) in [5.41, 5.74) is 0. The van der Waals surface area contributed by atoms with E-state index in [1.807, 2.05) is 0 Å². The van der Waals surface area contributed by atoms with Crippen molar-refractivity contribution in [1.82, 2.24) is 5.32 Å². The third kappa shape index (κ3) is 3.16. The molecule has 0 aliphatic heterocycles. The van der Waals surface area contributed by atoms with Crippen LogP contribution < -0.4 is 5.32 Å². The maximum absolute atomic E-state index is 10.5. The third-order valence-electron chi connectivity index (χ3n) is 1.84. The van der Waals surface area contributed by atoms with E-state index in [-0.39, 0.29) is 11.9 Å². The van der Waals surface area contributed by atoms with Gasteiger partial charge in [-0.25, -0.2) is 0 Å². The molecule has 0 aromatic carbocycles. The molecule has 11 heavy (non-hydrogen) atoms. The lowest BCUT2D eigenvalue weighted by Crippen LogP contribution is -2.34. The van der Waals surface area contributed by atoms with Crippen LogP contribution in [0.4, 0.5) is 0 Å². The molecule has 0 aromatic heterocycles. The van der Waals surface area contributed by atoms with Gasteiger partial charge in [0.1, 0.15) is 6.29 Å². The van der Waals surface area contributed by atoms with Gasteiger partial charge in [0.25, 0.3) is 0 Å². The number of hydrogen-bond acceptors (Lipinski definition) is 2. The first-order valence-corrected chi connectivity index (χ1v) is 3.94. The van der Waals surface area contributed by atoms with E-state index in [0.29, 0.717) is 5.92 Å². The van der Waals surface area contributed by atoms with Crippen molar-refractivity contribution in [1.29, 1.82) is 0 Å². The van der Waals surface area contributed by atoms with Crippen LogP contribution in [-0.4, -0.2) is 18.2 Å². The van der Waals surface area contributed by atoms with E-state index in [1.54, 1.807) is 0 Å². The van der Waals surface area contributed by atoms with Crippen molar-refractivity contribution in [3.8, 4) is 0 Å². The van der Waals surface area contributed by atoms with Gasteiger partial charge in [0.05, 0.1) is 6.04 Å². The van der Waals surface area contributed by atoms with Gasteiger partial charge in [0.15, 0.2) is 0 Å². The summed E-state index contributed by atoms with van der Waals surface area (Å²) in [5, 5.41) is 2.59. The van der Waals surface area contributed by atoms with Gasteiger partial charge in [-0.05, 0) is 12.3 Å². The van der Waals surface area contributed by atoms with Gasteiger partial charge in [-0.2, -0.15) is 0 Å². The first kappa shape index (κ1) is 8.24. The summed E-state index contributed by atoms with van der Waals surface area (Å²) in [6.07, 6.45) is 4.07. The smallest absolute Gasteiger partial charge is 0.217 e. The average Bonchev–Trinajstić information content (AvgIpc) is 2.69. The highest BCUT2D eigenvalue weighted by Crippen LogP contribution is 2.33. The fourth-order valence-corrected chi connectivity index (χ4v) is 1.12. The molecule has 1 unspecified atom stereocenters. The second-order valence-corrected chi connectivity index (χ2v) is 3.12. The lowest BCUT2D eigenvalue weighted by atomic mass is 10.1. The molecule has 1 N–H and O–H groups in total. The van der Waals surface area contributed by atoms with Crippen LogP contribution in [0.25, 0.3) is 0 Å². The van der Waals surface area contributed by atoms with E-state index < -0.39 is 0 Å². The standard InChI is InChI=1S/C8H13NO2/c1-6(11)9-8(5-10)4-7-2-3-7/h5,7-8H,2-4H2,1H3,(H,9,11). The SMILES string of the molecule is CC(=O)NC(C=O)CC1CC1. The number of hydrogen-bond donors (Lipinski definition) is 1. The van der Waals surface area contributed by atoms with Crippen molar-refractivity contribution in [2.24, 2.45) is 5.92 Å². The van der Waals surface area contributed by atoms with Crippen molar-refractivity contribution in [3.05, 3.63) is 0 Å².